The van der Waals surface area contributed by atoms with Gasteiger partial charge in [-0.3, -0.25) is 0 Å². The minimum Gasteiger partial charge on any atom is -0.379 e. The Morgan fingerprint density at radius 3 is 2.20 bits per heavy atom. The lowest BCUT2D eigenvalue weighted by Crippen LogP contribution is -2.45. The molecule has 25 heavy (non-hydrogen) atoms. The molecule has 0 saturated carbocycles. The van der Waals surface area contributed by atoms with Crippen LogP contribution in [0.5, 0.6) is 0 Å². The zero-order chi connectivity index (χ0) is 18.2. The second-order valence-corrected chi connectivity index (χ2v) is 7.23. The number of nitrogens with zero attached hydrogens (tertiary/aromatic N) is 2. The number of methoxy groups -OCH3 is 1. The molecular weight excluding hydrogens is 427 g/mol. The van der Waals surface area contributed by atoms with Crippen molar-refractivity contribution in [2.75, 3.05) is 39.2 Å². The second kappa shape index (κ2) is 11.6. The van der Waals surface area contributed by atoms with Crippen LogP contribution < -0.4 is 15.5 Å². The minimum absolute atomic E-state index is 0. The maximum atomic E-state index is 5.59. The third-order valence-electron chi connectivity index (χ3n) is 3.92. The van der Waals surface area contributed by atoms with E-state index in [0.29, 0.717) is 6.54 Å². The van der Waals surface area contributed by atoms with E-state index in [0.717, 1.165) is 19.0 Å². The SMILES string of the molecule is CCNC(=NCc1ccc(N(C)C)cc1)NCC(OC)C(C)(C)C.I. The summed E-state index contributed by atoms with van der Waals surface area (Å²) >= 11 is 0. The van der Waals surface area contributed by atoms with Gasteiger partial charge in [0.15, 0.2) is 5.96 Å². The van der Waals surface area contributed by atoms with E-state index in [-0.39, 0.29) is 35.5 Å². The van der Waals surface area contributed by atoms with Crippen molar-refractivity contribution in [2.24, 2.45) is 10.4 Å². The van der Waals surface area contributed by atoms with E-state index in [4.69, 9.17) is 4.74 Å². The topological polar surface area (TPSA) is 48.9 Å². The lowest BCUT2D eigenvalue weighted by atomic mass is 9.89. The van der Waals surface area contributed by atoms with E-state index in [1.54, 1.807) is 7.11 Å². The number of aliphatic imine (C=N–C) groups is 1. The van der Waals surface area contributed by atoms with Crippen LogP contribution in [-0.4, -0.2) is 46.4 Å². The van der Waals surface area contributed by atoms with Crippen LogP contribution in [0.3, 0.4) is 0 Å². The average molecular weight is 462 g/mol. The van der Waals surface area contributed by atoms with Gasteiger partial charge in [-0.05, 0) is 30.0 Å². The third-order valence-corrected chi connectivity index (χ3v) is 3.92. The quantitative estimate of drug-likeness (QED) is 0.370. The van der Waals surface area contributed by atoms with Crippen LogP contribution in [0.4, 0.5) is 5.69 Å². The molecule has 0 spiro atoms. The number of anilines is 1. The smallest absolute Gasteiger partial charge is 0.191 e. The molecule has 0 fully saturated rings. The molecule has 144 valence electrons. The maximum Gasteiger partial charge on any atom is 0.191 e. The number of hydrogen-bond donors (Lipinski definition) is 2. The summed E-state index contributed by atoms with van der Waals surface area (Å²) < 4.78 is 5.59. The van der Waals surface area contributed by atoms with Crippen molar-refractivity contribution < 1.29 is 4.74 Å². The van der Waals surface area contributed by atoms with Gasteiger partial charge in [0.2, 0.25) is 0 Å². The van der Waals surface area contributed by atoms with Gasteiger partial charge in [0, 0.05) is 40.0 Å². The highest BCUT2D eigenvalue weighted by atomic mass is 127. The van der Waals surface area contributed by atoms with Crippen molar-refractivity contribution >= 4 is 35.6 Å². The maximum absolute atomic E-state index is 5.59. The van der Waals surface area contributed by atoms with Gasteiger partial charge in [0.25, 0.3) is 0 Å². The Morgan fingerprint density at radius 1 is 1.16 bits per heavy atom. The van der Waals surface area contributed by atoms with Gasteiger partial charge in [-0.2, -0.15) is 0 Å². The molecule has 0 amide bonds. The monoisotopic (exact) mass is 462 g/mol. The van der Waals surface area contributed by atoms with Crippen LogP contribution in [-0.2, 0) is 11.3 Å². The lowest BCUT2D eigenvalue weighted by Gasteiger charge is -2.30. The van der Waals surface area contributed by atoms with Crippen molar-refractivity contribution in [1.29, 1.82) is 0 Å². The van der Waals surface area contributed by atoms with E-state index in [2.05, 4.69) is 72.5 Å². The first-order valence-corrected chi connectivity index (χ1v) is 8.59. The molecule has 0 bridgehead atoms. The highest BCUT2D eigenvalue weighted by Gasteiger charge is 2.24. The number of ether oxygens (including phenoxy) is 1. The Morgan fingerprint density at radius 2 is 1.76 bits per heavy atom. The summed E-state index contributed by atoms with van der Waals surface area (Å²) in [6.45, 7) is 10.8. The van der Waals surface area contributed by atoms with Crippen molar-refractivity contribution in [2.45, 2.75) is 40.3 Å². The molecule has 1 atom stereocenters. The zero-order valence-electron chi connectivity index (χ0n) is 16.7. The first kappa shape index (κ1) is 24.0. The van der Waals surface area contributed by atoms with E-state index >= 15 is 0 Å². The number of rotatable bonds is 7. The fourth-order valence-corrected chi connectivity index (χ4v) is 2.34. The molecular formula is C19H35IN4O. The van der Waals surface area contributed by atoms with Crippen molar-refractivity contribution in [3.63, 3.8) is 0 Å². The fraction of sp³-hybridized carbons (Fsp3) is 0.632. The fourth-order valence-electron chi connectivity index (χ4n) is 2.34. The summed E-state index contributed by atoms with van der Waals surface area (Å²) in [5.41, 5.74) is 2.47. The predicted octanol–water partition coefficient (Wildman–Crippen LogP) is 3.49. The summed E-state index contributed by atoms with van der Waals surface area (Å²) in [5.74, 6) is 0.820. The second-order valence-electron chi connectivity index (χ2n) is 7.23. The van der Waals surface area contributed by atoms with Gasteiger partial charge < -0.3 is 20.3 Å². The van der Waals surface area contributed by atoms with Gasteiger partial charge in [-0.15, -0.1) is 24.0 Å². The van der Waals surface area contributed by atoms with Crippen LogP contribution in [0.15, 0.2) is 29.3 Å². The van der Waals surface area contributed by atoms with Gasteiger partial charge in [0.1, 0.15) is 0 Å². The normalized spacial score (nSPS) is 13.0. The molecule has 1 unspecified atom stereocenters. The molecule has 0 aliphatic carbocycles. The number of nitrogens with one attached hydrogen (secondary N) is 2. The highest BCUT2D eigenvalue weighted by molar-refractivity contribution is 14.0. The lowest BCUT2D eigenvalue weighted by molar-refractivity contribution is 0.0205. The Kier molecular flexibility index (Phi) is 11.1. The van der Waals surface area contributed by atoms with Gasteiger partial charge >= 0.3 is 0 Å². The highest BCUT2D eigenvalue weighted by Crippen LogP contribution is 2.20. The van der Waals surface area contributed by atoms with Crippen LogP contribution in [0.1, 0.15) is 33.3 Å². The summed E-state index contributed by atoms with van der Waals surface area (Å²) in [5, 5.41) is 6.67. The number of guanidine groups is 1. The summed E-state index contributed by atoms with van der Waals surface area (Å²) in [7, 11) is 5.84. The standard InChI is InChI=1S/C19H34N4O.HI/c1-8-20-18(22-14-17(24-7)19(2,3)4)21-13-15-9-11-16(12-10-15)23(5)6;/h9-12,17H,8,13-14H2,1-7H3,(H2,20,21,22);1H. The third kappa shape index (κ3) is 8.76. The van der Waals surface area contributed by atoms with E-state index in [1.165, 1.54) is 11.3 Å². The zero-order valence-corrected chi connectivity index (χ0v) is 19.0. The number of halogens is 1. The molecule has 1 aromatic carbocycles. The summed E-state index contributed by atoms with van der Waals surface area (Å²) in [6.07, 6.45) is 0.126. The van der Waals surface area contributed by atoms with Crippen LogP contribution in [0.25, 0.3) is 0 Å². The van der Waals surface area contributed by atoms with E-state index in [9.17, 15) is 0 Å². The largest absolute Gasteiger partial charge is 0.379 e. The van der Waals surface area contributed by atoms with Crippen LogP contribution in [0.2, 0.25) is 0 Å². The summed E-state index contributed by atoms with van der Waals surface area (Å²) in [4.78, 5) is 6.77. The van der Waals surface area contributed by atoms with E-state index in [1.807, 2.05) is 14.1 Å². The van der Waals surface area contributed by atoms with Crippen LogP contribution >= 0.6 is 24.0 Å². The molecule has 0 aliphatic rings. The Hall–Kier alpha value is -1.02. The average Bonchev–Trinajstić information content (AvgIpc) is 2.52. The molecule has 2 N–H and O–H groups in total. The Bertz CT molecular complexity index is 509. The first-order chi connectivity index (χ1) is 11.3. The number of hydrogen-bond acceptors (Lipinski definition) is 3. The van der Waals surface area contributed by atoms with Crippen molar-refractivity contribution in [3.05, 3.63) is 29.8 Å². The Balaban J connectivity index is 0.00000576. The molecule has 0 saturated heterocycles. The molecule has 0 aliphatic heterocycles. The van der Waals surface area contributed by atoms with Crippen LogP contribution in [0, 0.1) is 5.41 Å². The van der Waals surface area contributed by atoms with Gasteiger partial charge in [0.05, 0.1) is 12.6 Å². The van der Waals surface area contributed by atoms with Crippen molar-refractivity contribution in [1.82, 2.24) is 10.6 Å². The summed E-state index contributed by atoms with van der Waals surface area (Å²) in [6, 6.07) is 8.47. The van der Waals surface area contributed by atoms with Gasteiger partial charge in [-0.1, -0.05) is 32.9 Å². The molecule has 6 heteroatoms. The van der Waals surface area contributed by atoms with Crippen molar-refractivity contribution in [3.8, 4) is 0 Å². The molecule has 0 heterocycles. The molecule has 1 rings (SSSR count). The first-order valence-electron chi connectivity index (χ1n) is 8.59. The minimum atomic E-state index is 0. The molecule has 1 aromatic rings. The predicted molar refractivity (Wildman–Crippen MR) is 119 cm³/mol. The molecule has 0 radical (unpaired) electrons. The van der Waals surface area contributed by atoms with Gasteiger partial charge in [-0.25, -0.2) is 4.99 Å². The molecule has 0 aromatic heterocycles. The molecule has 5 nitrogen and oxygen atoms in total. The van der Waals surface area contributed by atoms with E-state index < -0.39 is 0 Å². The number of benzene rings is 1. The Labute approximate surface area is 170 Å².